The Morgan fingerprint density at radius 2 is 2.15 bits per heavy atom. The summed E-state index contributed by atoms with van der Waals surface area (Å²) in [7, 11) is -3.50. The molecular formula is C7H10O5S. The van der Waals surface area contributed by atoms with Gasteiger partial charge in [0.2, 0.25) is 0 Å². The Morgan fingerprint density at radius 1 is 1.54 bits per heavy atom. The molecular weight excluding hydrogens is 196 g/mol. The Bertz CT molecular complexity index is 329. The standard InChI is InChI=1S/C7H10O5S/c8-5-2-1-3-13(11,12)6(5)4-7(9)10/h6H,1-4H2,(H,9,10). The molecule has 1 aliphatic heterocycles. The van der Waals surface area contributed by atoms with Gasteiger partial charge in [0.15, 0.2) is 15.6 Å². The van der Waals surface area contributed by atoms with Gasteiger partial charge in [-0.05, 0) is 6.42 Å². The zero-order valence-corrected chi connectivity index (χ0v) is 7.71. The van der Waals surface area contributed by atoms with Crippen LogP contribution in [0, 0.1) is 0 Å². The van der Waals surface area contributed by atoms with E-state index in [-0.39, 0.29) is 12.2 Å². The largest absolute Gasteiger partial charge is 0.481 e. The van der Waals surface area contributed by atoms with E-state index < -0.39 is 33.3 Å². The molecule has 0 saturated carbocycles. The van der Waals surface area contributed by atoms with Gasteiger partial charge in [-0.25, -0.2) is 8.42 Å². The molecule has 0 aliphatic carbocycles. The number of sulfone groups is 1. The lowest BCUT2D eigenvalue weighted by Crippen LogP contribution is -2.38. The number of hydrogen-bond donors (Lipinski definition) is 1. The maximum atomic E-state index is 11.2. The highest BCUT2D eigenvalue weighted by Gasteiger charge is 2.37. The van der Waals surface area contributed by atoms with Crippen molar-refractivity contribution in [1.82, 2.24) is 0 Å². The summed E-state index contributed by atoms with van der Waals surface area (Å²) in [5.74, 6) is -1.78. The molecule has 6 heteroatoms. The fraction of sp³-hybridized carbons (Fsp3) is 0.714. The zero-order chi connectivity index (χ0) is 10.1. The van der Waals surface area contributed by atoms with Crippen molar-refractivity contribution in [1.29, 1.82) is 0 Å². The molecule has 0 aromatic heterocycles. The van der Waals surface area contributed by atoms with Gasteiger partial charge in [-0.15, -0.1) is 0 Å². The topological polar surface area (TPSA) is 88.5 Å². The van der Waals surface area contributed by atoms with Gasteiger partial charge in [0.25, 0.3) is 0 Å². The smallest absolute Gasteiger partial charge is 0.305 e. The van der Waals surface area contributed by atoms with Crippen LogP contribution in [0.25, 0.3) is 0 Å². The molecule has 13 heavy (non-hydrogen) atoms. The van der Waals surface area contributed by atoms with Gasteiger partial charge in [0.1, 0.15) is 5.25 Å². The highest BCUT2D eigenvalue weighted by molar-refractivity contribution is 7.92. The van der Waals surface area contributed by atoms with Crippen molar-refractivity contribution in [3.63, 3.8) is 0 Å². The van der Waals surface area contributed by atoms with E-state index in [1.807, 2.05) is 0 Å². The molecule has 1 aliphatic rings. The lowest BCUT2D eigenvalue weighted by Gasteiger charge is -2.19. The molecule has 0 bridgehead atoms. The normalized spacial score (nSPS) is 27.1. The summed E-state index contributed by atoms with van der Waals surface area (Å²) in [5.41, 5.74) is 0. The van der Waals surface area contributed by atoms with Crippen molar-refractivity contribution in [2.45, 2.75) is 24.5 Å². The second-order valence-electron chi connectivity index (χ2n) is 3.02. The predicted molar refractivity (Wildman–Crippen MR) is 44.1 cm³/mol. The summed E-state index contributed by atoms with van der Waals surface area (Å²) in [6.07, 6.45) is -0.102. The van der Waals surface area contributed by atoms with Gasteiger partial charge in [-0.2, -0.15) is 0 Å². The van der Waals surface area contributed by atoms with Gasteiger partial charge < -0.3 is 5.11 Å². The van der Waals surface area contributed by atoms with Crippen LogP contribution in [-0.2, 0) is 19.4 Å². The van der Waals surface area contributed by atoms with Crippen LogP contribution >= 0.6 is 0 Å². The van der Waals surface area contributed by atoms with Crippen LogP contribution in [0.5, 0.6) is 0 Å². The molecule has 1 fully saturated rings. The number of carbonyl (C=O) groups is 2. The number of carboxylic acid groups (broad SMARTS) is 1. The van der Waals surface area contributed by atoms with E-state index in [0.29, 0.717) is 6.42 Å². The summed E-state index contributed by atoms with van der Waals surface area (Å²) >= 11 is 0. The second kappa shape index (κ2) is 3.45. The lowest BCUT2D eigenvalue weighted by atomic mass is 10.1. The monoisotopic (exact) mass is 206 g/mol. The van der Waals surface area contributed by atoms with Crippen molar-refractivity contribution >= 4 is 21.6 Å². The maximum absolute atomic E-state index is 11.2. The van der Waals surface area contributed by atoms with Crippen LogP contribution in [0.3, 0.4) is 0 Å². The van der Waals surface area contributed by atoms with E-state index in [0.717, 1.165) is 0 Å². The molecule has 1 rings (SSSR count). The molecule has 0 aromatic rings. The molecule has 1 heterocycles. The Morgan fingerprint density at radius 3 is 2.62 bits per heavy atom. The molecule has 1 saturated heterocycles. The minimum atomic E-state index is -3.50. The highest BCUT2D eigenvalue weighted by Crippen LogP contribution is 2.18. The number of aliphatic carboxylic acids is 1. The fourth-order valence-corrected chi connectivity index (χ4v) is 3.10. The Hall–Kier alpha value is -0.910. The fourth-order valence-electron chi connectivity index (χ4n) is 1.35. The summed E-state index contributed by atoms with van der Waals surface area (Å²) in [5, 5.41) is 7.09. The van der Waals surface area contributed by atoms with Crippen LogP contribution in [0.2, 0.25) is 0 Å². The Kier molecular flexibility index (Phi) is 2.70. The van der Waals surface area contributed by atoms with E-state index >= 15 is 0 Å². The van der Waals surface area contributed by atoms with E-state index in [9.17, 15) is 18.0 Å². The van der Waals surface area contributed by atoms with Crippen molar-refractivity contribution in [2.75, 3.05) is 5.75 Å². The van der Waals surface area contributed by atoms with E-state index in [1.54, 1.807) is 0 Å². The molecule has 1 N–H and O–H groups in total. The summed E-state index contributed by atoms with van der Waals surface area (Å²) in [6, 6.07) is 0. The van der Waals surface area contributed by atoms with E-state index in [1.165, 1.54) is 0 Å². The summed E-state index contributed by atoms with van der Waals surface area (Å²) < 4.78 is 22.5. The molecule has 0 radical (unpaired) electrons. The quantitative estimate of drug-likeness (QED) is 0.664. The molecule has 5 nitrogen and oxygen atoms in total. The molecule has 74 valence electrons. The third-order valence-electron chi connectivity index (χ3n) is 2.00. The van der Waals surface area contributed by atoms with Crippen molar-refractivity contribution in [3.8, 4) is 0 Å². The minimum absolute atomic E-state index is 0.0727. The van der Waals surface area contributed by atoms with Crippen LogP contribution in [-0.4, -0.2) is 36.3 Å². The van der Waals surface area contributed by atoms with E-state index in [4.69, 9.17) is 5.11 Å². The van der Waals surface area contributed by atoms with Gasteiger partial charge in [-0.3, -0.25) is 9.59 Å². The minimum Gasteiger partial charge on any atom is -0.481 e. The van der Waals surface area contributed by atoms with Gasteiger partial charge >= 0.3 is 5.97 Å². The number of carbonyl (C=O) groups excluding carboxylic acids is 1. The second-order valence-corrected chi connectivity index (χ2v) is 5.33. The highest BCUT2D eigenvalue weighted by atomic mass is 32.2. The number of hydrogen-bond acceptors (Lipinski definition) is 4. The number of rotatable bonds is 2. The Labute approximate surface area is 75.7 Å². The third-order valence-corrected chi connectivity index (χ3v) is 4.16. The third kappa shape index (κ3) is 2.27. The van der Waals surface area contributed by atoms with Crippen molar-refractivity contribution < 1.29 is 23.1 Å². The van der Waals surface area contributed by atoms with Crippen molar-refractivity contribution in [3.05, 3.63) is 0 Å². The van der Waals surface area contributed by atoms with Gasteiger partial charge in [0, 0.05) is 6.42 Å². The zero-order valence-electron chi connectivity index (χ0n) is 6.89. The first-order chi connectivity index (χ1) is 5.93. The van der Waals surface area contributed by atoms with Gasteiger partial charge in [-0.1, -0.05) is 0 Å². The predicted octanol–water partition coefficient (Wildman–Crippen LogP) is -0.393. The summed E-state index contributed by atoms with van der Waals surface area (Å²) in [4.78, 5) is 21.4. The van der Waals surface area contributed by atoms with Gasteiger partial charge in [0.05, 0.1) is 12.2 Å². The van der Waals surface area contributed by atoms with Crippen LogP contribution < -0.4 is 0 Å². The van der Waals surface area contributed by atoms with Crippen LogP contribution in [0.1, 0.15) is 19.3 Å². The first kappa shape index (κ1) is 10.2. The lowest BCUT2D eigenvalue weighted by molar-refractivity contribution is -0.138. The molecule has 0 amide bonds. The molecule has 0 spiro atoms. The Balaban J connectivity index is 2.88. The average Bonchev–Trinajstić information content (AvgIpc) is 1.96. The molecule has 0 aromatic carbocycles. The van der Waals surface area contributed by atoms with Crippen LogP contribution in [0.15, 0.2) is 0 Å². The SMILES string of the molecule is O=C(O)CC1C(=O)CCCS1(=O)=O. The molecule has 1 unspecified atom stereocenters. The number of Topliss-reactive ketones (excluding diaryl/α,β-unsaturated/α-hetero) is 1. The summed E-state index contributed by atoms with van der Waals surface area (Å²) in [6.45, 7) is 0. The molecule has 1 atom stereocenters. The van der Waals surface area contributed by atoms with Crippen molar-refractivity contribution in [2.24, 2.45) is 0 Å². The number of carboxylic acids is 1. The first-order valence-corrected chi connectivity index (χ1v) is 5.61. The average molecular weight is 206 g/mol. The van der Waals surface area contributed by atoms with Crippen LogP contribution in [0.4, 0.5) is 0 Å². The van der Waals surface area contributed by atoms with E-state index in [2.05, 4.69) is 0 Å². The maximum Gasteiger partial charge on any atom is 0.305 e. The first-order valence-electron chi connectivity index (χ1n) is 3.89. The number of ketones is 1.